The highest BCUT2D eigenvalue weighted by Crippen LogP contribution is 2.17. The van der Waals surface area contributed by atoms with E-state index in [1.807, 2.05) is 25.1 Å². The van der Waals surface area contributed by atoms with Crippen molar-refractivity contribution in [3.05, 3.63) is 34.3 Å². The van der Waals surface area contributed by atoms with Crippen LogP contribution in [0.25, 0.3) is 0 Å². The summed E-state index contributed by atoms with van der Waals surface area (Å²) in [7, 11) is 1.56. The van der Waals surface area contributed by atoms with Crippen LogP contribution in [0.5, 0.6) is 0 Å². The van der Waals surface area contributed by atoms with Gasteiger partial charge in [-0.15, -0.1) is 0 Å². The SMILES string of the molecule is CCCN(CC(=O)NC)C(=O)c1ccccc1Br. The van der Waals surface area contributed by atoms with Crippen LogP contribution in [-0.4, -0.2) is 36.9 Å². The van der Waals surface area contributed by atoms with E-state index in [2.05, 4.69) is 21.2 Å². The topological polar surface area (TPSA) is 49.4 Å². The maximum atomic E-state index is 12.3. The molecule has 0 aliphatic heterocycles. The molecule has 1 rings (SSSR count). The molecule has 18 heavy (non-hydrogen) atoms. The monoisotopic (exact) mass is 312 g/mol. The van der Waals surface area contributed by atoms with Crippen LogP contribution in [0.2, 0.25) is 0 Å². The van der Waals surface area contributed by atoms with Crippen molar-refractivity contribution < 1.29 is 9.59 Å². The molecule has 0 unspecified atom stereocenters. The molecule has 2 amide bonds. The smallest absolute Gasteiger partial charge is 0.255 e. The Bertz CT molecular complexity index is 435. The van der Waals surface area contributed by atoms with Crippen molar-refractivity contribution in [2.24, 2.45) is 0 Å². The molecule has 0 aliphatic rings. The zero-order valence-electron chi connectivity index (χ0n) is 10.6. The third-order valence-electron chi connectivity index (χ3n) is 2.50. The van der Waals surface area contributed by atoms with E-state index < -0.39 is 0 Å². The van der Waals surface area contributed by atoms with Crippen molar-refractivity contribution in [2.75, 3.05) is 20.1 Å². The Morgan fingerprint density at radius 3 is 2.56 bits per heavy atom. The molecule has 0 aromatic heterocycles. The van der Waals surface area contributed by atoms with E-state index in [-0.39, 0.29) is 18.4 Å². The van der Waals surface area contributed by atoms with Crippen LogP contribution in [0.3, 0.4) is 0 Å². The van der Waals surface area contributed by atoms with E-state index in [4.69, 9.17) is 0 Å². The Balaban J connectivity index is 2.89. The summed E-state index contributed by atoms with van der Waals surface area (Å²) >= 11 is 3.35. The molecule has 0 saturated carbocycles. The quantitative estimate of drug-likeness (QED) is 0.904. The van der Waals surface area contributed by atoms with E-state index in [0.717, 1.165) is 10.9 Å². The predicted molar refractivity (Wildman–Crippen MR) is 74.4 cm³/mol. The van der Waals surface area contributed by atoms with Crippen LogP contribution in [-0.2, 0) is 4.79 Å². The number of nitrogens with zero attached hydrogens (tertiary/aromatic N) is 1. The summed E-state index contributed by atoms with van der Waals surface area (Å²) in [6.07, 6.45) is 0.813. The molecule has 0 bridgehead atoms. The van der Waals surface area contributed by atoms with Gasteiger partial charge in [0, 0.05) is 18.1 Å². The molecule has 1 aromatic carbocycles. The molecule has 1 N–H and O–H groups in total. The number of carbonyl (C=O) groups is 2. The van der Waals surface area contributed by atoms with Gasteiger partial charge in [0.25, 0.3) is 5.91 Å². The number of benzene rings is 1. The second kappa shape index (κ2) is 7.16. The zero-order chi connectivity index (χ0) is 13.5. The summed E-state index contributed by atoms with van der Waals surface area (Å²) in [5, 5.41) is 2.53. The molecule has 1 aromatic rings. The second-order valence-corrected chi connectivity index (χ2v) is 4.73. The lowest BCUT2D eigenvalue weighted by Crippen LogP contribution is -2.40. The number of hydrogen-bond acceptors (Lipinski definition) is 2. The normalized spacial score (nSPS) is 9.94. The number of hydrogen-bond donors (Lipinski definition) is 1. The van der Waals surface area contributed by atoms with Gasteiger partial charge in [-0.05, 0) is 34.5 Å². The molecule has 0 fully saturated rings. The Hall–Kier alpha value is -1.36. The van der Waals surface area contributed by atoms with E-state index in [9.17, 15) is 9.59 Å². The number of amides is 2. The Labute approximate surface area is 115 Å². The van der Waals surface area contributed by atoms with Gasteiger partial charge in [0.05, 0.1) is 12.1 Å². The number of halogens is 1. The first-order valence-corrected chi connectivity index (χ1v) is 6.63. The third kappa shape index (κ3) is 3.84. The van der Waals surface area contributed by atoms with Gasteiger partial charge in [0.2, 0.25) is 5.91 Å². The van der Waals surface area contributed by atoms with Crippen molar-refractivity contribution in [2.45, 2.75) is 13.3 Å². The zero-order valence-corrected chi connectivity index (χ0v) is 12.2. The summed E-state index contributed by atoms with van der Waals surface area (Å²) < 4.78 is 0.744. The van der Waals surface area contributed by atoms with Gasteiger partial charge in [0.15, 0.2) is 0 Å². The number of likely N-dealkylation sites (N-methyl/N-ethyl adjacent to an activating group) is 1. The summed E-state index contributed by atoms with van der Waals surface area (Å²) in [6, 6.07) is 7.22. The first-order chi connectivity index (χ1) is 8.60. The molecule has 0 atom stereocenters. The van der Waals surface area contributed by atoms with Crippen molar-refractivity contribution in [1.29, 1.82) is 0 Å². The van der Waals surface area contributed by atoms with Gasteiger partial charge < -0.3 is 10.2 Å². The standard InChI is InChI=1S/C13H17BrN2O2/c1-3-8-16(9-12(17)15-2)13(18)10-6-4-5-7-11(10)14/h4-7H,3,8-9H2,1-2H3,(H,15,17). The van der Waals surface area contributed by atoms with Gasteiger partial charge in [-0.2, -0.15) is 0 Å². The molecule has 0 radical (unpaired) electrons. The van der Waals surface area contributed by atoms with Crippen LogP contribution < -0.4 is 5.32 Å². The van der Waals surface area contributed by atoms with E-state index in [1.54, 1.807) is 18.0 Å². The molecule has 0 heterocycles. The molecular formula is C13H17BrN2O2. The van der Waals surface area contributed by atoms with Crippen molar-refractivity contribution in [3.63, 3.8) is 0 Å². The van der Waals surface area contributed by atoms with E-state index in [0.29, 0.717) is 12.1 Å². The fourth-order valence-corrected chi connectivity index (χ4v) is 2.03. The maximum absolute atomic E-state index is 12.3. The van der Waals surface area contributed by atoms with Gasteiger partial charge in [-0.1, -0.05) is 19.1 Å². The van der Waals surface area contributed by atoms with Crippen molar-refractivity contribution in [1.82, 2.24) is 10.2 Å². The summed E-state index contributed by atoms with van der Waals surface area (Å²) in [5.74, 6) is -0.295. The molecule has 0 spiro atoms. The highest BCUT2D eigenvalue weighted by molar-refractivity contribution is 9.10. The van der Waals surface area contributed by atoms with Crippen LogP contribution in [0.4, 0.5) is 0 Å². The van der Waals surface area contributed by atoms with Gasteiger partial charge in [-0.25, -0.2) is 0 Å². The number of rotatable bonds is 5. The Morgan fingerprint density at radius 2 is 2.00 bits per heavy atom. The summed E-state index contributed by atoms with van der Waals surface area (Å²) in [6.45, 7) is 2.63. The van der Waals surface area contributed by atoms with Crippen molar-refractivity contribution in [3.8, 4) is 0 Å². The summed E-state index contributed by atoms with van der Waals surface area (Å²) in [4.78, 5) is 25.3. The van der Waals surface area contributed by atoms with Crippen LogP contribution in [0.1, 0.15) is 23.7 Å². The average Bonchev–Trinajstić information content (AvgIpc) is 2.38. The highest BCUT2D eigenvalue weighted by Gasteiger charge is 2.19. The van der Waals surface area contributed by atoms with Crippen molar-refractivity contribution >= 4 is 27.7 Å². The van der Waals surface area contributed by atoms with Crippen LogP contribution in [0.15, 0.2) is 28.7 Å². The van der Waals surface area contributed by atoms with Crippen LogP contribution >= 0.6 is 15.9 Å². The first-order valence-electron chi connectivity index (χ1n) is 5.84. The number of carbonyl (C=O) groups excluding carboxylic acids is 2. The Kier molecular flexibility index (Phi) is 5.85. The molecule has 0 saturated heterocycles. The largest absolute Gasteiger partial charge is 0.358 e. The minimum Gasteiger partial charge on any atom is -0.358 e. The summed E-state index contributed by atoms with van der Waals surface area (Å²) in [5.41, 5.74) is 0.579. The third-order valence-corrected chi connectivity index (χ3v) is 3.19. The van der Waals surface area contributed by atoms with E-state index >= 15 is 0 Å². The molecule has 4 nitrogen and oxygen atoms in total. The Morgan fingerprint density at radius 1 is 1.33 bits per heavy atom. The lowest BCUT2D eigenvalue weighted by molar-refractivity contribution is -0.121. The second-order valence-electron chi connectivity index (χ2n) is 3.88. The number of nitrogens with one attached hydrogen (secondary N) is 1. The lowest BCUT2D eigenvalue weighted by atomic mass is 10.2. The minimum absolute atomic E-state index is 0.0878. The maximum Gasteiger partial charge on any atom is 0.255 e. The molecule has 5 heteroatoms. The van der Waals surface area contributed by atoms with E-state index in [1.165, 1.54) is 0 Å². The average molecular weight is 313 g/mol. The van der Waals surface area contributed by atoms with Gasteiger partial charge in [-0.3, -0.25) is 9.59 Å². The molecule has 0 aliphatic carbocycles. The van der Waals surface area contributed by atoms with Gasteiger partial charge >= 0.3 is 0 Å². The highest BCUT2D eigenvalue weighted by atomic mass is 79.9. The molecule has 98 valence electrons. The first kappa shape index (κ1) is 14.7. The van der Waals surface area contributed by atoms with Gasteiger partial charge in [0.1, 0.15) is 0 Å². The lowest BCUT2D eigenvalue weighted by Gasteiger charge is -2.21. The molecular weight excluding hydrogens is 296 g/mol. The van der Waals surface area contributed by atoms with Crippen LogP contribution in [0, 0.1) is 0 Å². The minimum atomic E-state index is -0.163. The predicted octanol–water partition coefficient (Wildman–Crippen LogP) is 2.05. The fourth-order valence-electron chi connectivity index (χ4n) is 1.58. The fraction of sp³-hybridized carbons (Fsp3) is 0.385.